The third-order valence-electron chi connectivity index (χ3n) is 4.15. The Morgan fingerprint density at radius 2 is 1.71 bits per heavy atom. The van der Waals surface area contributed by atoms with Gasteiger partial charge in [0, 0.05) is 23.4 Å². The van der Waals surface area contributed by atoms with Gasteiger partial charge in [-0.15, -0.1) is 0 Å². The number of carboxylic acid groups (broad SMARTS) is 1. The molecule has 2 rings (SSSR count). The zero-order valence-corrected chi connectivity index (χ0v) is 16.5. The van der Waals surface area contributed by atoms with Crippen molar-refractivity contribution in [3.8, 4) is 5.75 Å². The predicted molar refractivity (Wildman–Crippen MR) is 102 cm³/mol. The van der Waals surface area contributed by atoms with Gasteiger partial charge in [-0.1, -0.05) is 20.8 Å². The number of non-ortho nitro benzene ring substituents is 1. The Balaban J connectivity index is 2.63. The molecule has 0 fully saturated rings. The van der Waals surface area contributed by atoms with E-state index in [9.17, 15) is 33.5 Å². The number of carbonyl (C=O) groups is 1. The first-order valence-electron chi connectivity index (χ1n) is 8.13. The first kappa shape index (κ1) is 21.2. The Kier molecular flexibility index (Phi) is 5.38. The summed E-state index contributed by atoms with van der Waals surface area (Å²) in [6, 6.07) is 5.99. The number of carboxylic acids is 1. The molecule has 0 aliphatic heterocycles. The van der Waals surface area contributed by atoms with Gasteiger partial charge in [0.05, 0.1) is 9.82 Å². The Labute approximate surface area is 161 Å². The number of nitrogens with zero attached hydrogens (tertiary/aromatic N) is 1. The minimum atomic E-state index is -4.23. The molecular formula is C18H20N2O7S. The van der Waals surface area contributed by atoms with E-state index in [2.05, 4.69) is 4.72 Å². The predicted octanol–water partition coefficient (Wildman–Crippen LogP) is 3.41. The number of hydrogen-bond donors (Lipinski definition) is 3. The number of anilines is 1. The van der Waals surface area contributed by atoms with E-state index in [0.717, 1.165) is 12.1 Å². The number of hydrogen-bond acceptors (Lipinski definition) is 6. The normalized spacial score (nSPS) is 11.9. The van der Waals surface area contributed by atoms with Gasteiger partial charge in [0.25, 0.3) is 15.7 Å². The SMILES string of the molecule is Cc1c(S(=O)(=O)Nc2ccc([N+](=O)[O-])cc2)cc(C(C)(C)C)c(O)c1C(=O)O. The second kappa shape index (κ2) is 7.12. The van der Waals surface area contributed by atoms with Crippen LogP contribution in [0.2, 0.25) is 0 Å². The molecule has 3 N–H and O–H groups in total. The van der Waals surface area contributed by atoms with Gasteiger partial charge < -0.3 is 10.2 Å². The number of phenols is 1. The molecule has 0 aromatic heterocycles. The van der Waals surface area contributed by atoms with Crippen LogP contribution in [-0.2, 0) is 15.4 Å². The van der Waals surface area contributed by atoms with Gasteiger partial charge in [-0.2, -0.15) is 0 Å². The molecule has 0 atom stereocenters. The first-order chi connectivity index (χ1) is 12.8. The van der Waals surface area contributed by atoms with Gasteiger partial charge in [-0.25, -0.2) is 13.2 Å². The number of nitro groups is 1. The van der Waals surface area contributed by atoms with Crippen molar-refractivity contribution in [1.82, 2.24) is 0 Å². The fraction of sp³-hybridized carbons (Fsp3) is 0.278. The van der Waals surface area contributed by atoms with Gasteiger partial charge in [-0.05, 0) is 36.1 Å². The van der Waals surface area contributed by atoms with Crippen molar-refractivity contribution < 1.29 is 28.3 Å². The maximum atomic E-state index is 12.9. The first-order valence-corrected chi connectivity index (χ1v) is 9.61. The summed E-state index contributed by atoms with van der Waals surface area (Å²) in [7, 11) is -4.23. The van der Waals surface area contributed by atoms with Crippen LogP contribution >= 0.6 is 0 Å². The van der Waals surface area contributed by atoms with Gasteiger partial charge >= 0.3 is 5.97 Å². The topological polar surface area (TPSA) is 147 Å². The third-order valence-corrected chi connectivity index (χ3v) is 5.66. The number of nitrogens with one attached hydrogen (secondary N) is 1. The van der Waals surface area contributed by atoms with E-state index in [1.807, 2.05) is 0 Å². The number of aromatic carboxylic acids is 1. The summed E-state index contributed by atoms with van der Waals surface area (Å²) in [5.41, 5.74) is -1.29. The summed E-state index contributed by atoms with van der Waals surface area (Å²) >= 11 is 0. The zero-order valence-electron chi connectivity index (χ0n) is 15.7. The van der Waals surface area contributed by atoms with E-state index in [1.54, 1.807) is 20.8 Å². The Bertz CT molecular complexity index is 1050. The minimum Gasteiger partial charge on any atom is -0.507 e. The molecule has 150 valence electrons. The van der Waals surface area contributed by atoms with Gasteiger partial charge in [0.2, 0.25) is 0 Å². The van der Waals surface area contributed by atoms with Gasteiger partial charge in [0.15, 0.2) is 0 Å². The highest BCUT2D eigenvalue weighted by atomic mass is 32.2. The van der Waals surface area contributed by atoms with Crippen LogP contribution in [0.3, 0.4) is 0 Å². The summed E-state index contributed by atoms with van der Waals surface area (Å²) in [4.78, 5) is 21.4. The highest BCUT2D eigenvalue weighted by molar-refractivity contribution is 7.92. The van der Waals surface area contributed by atoms with Crippen molar-refractivity contribution in [3.05, 3.63) is 57.1 Å². The monoisotopic (exact) mass is 408 g/mol. The summed E-state index contributed by atoms with van der Waals surface area (Å²) in [5, 5.41) is 30.6. The smallest absolute Gasteiger partial charge is 0.339 e. The molecule has 0 radical (unpaired) electrons. The Morgan fingerprint density at radius 3 is 2.14 bits per heavy atom. The molecule has 0 bridgehead atoms. The summed E-state index contributed by atoms with van der Waals surface area (Å²) in [6.07, 6.45) is 0. The van der Waals surface area contributed by atoms with Crippen molar-refractivity contribution in [1.29, 1.82) is 0 Å². The lowest BCUT2D eigenvalue weighted by atomic mass is 9.84. The van der Waals surface area contributed by atoms with Crippen LogP contribution in [0.25, 0.3) is 0 Å². The third kappa shape index (κ3) is 4.06. The van der Waals surface area contributed by atoms with Crippen LogP contribution in [0.5, 0.6) is 5.75 Å². The lowest BCUT2D eigenvalue weighted by Gasteiger charge is -2.24. The molecule has 0 heterocycles. The van der Waals surface area contributed by atoms with Crippen molar-refractivity contribution in [2.24, 2.45) is 0 Å². The minimum absolute atomic E-state index is 0.0762. The average Bonchev–Trinajstić information content (AvgIpc) is 2.53. The average molecular weight is 408 g/mol. The van der Waals surface area contributed by atoms with E-state index < -0.39 is 37.6 Å². The van der Waals surface area contributed by atoms with E-state index in [0.29, 0.717) is 0 Å². The molecule has 0 aliphatic carbocycles. The molecule has 0 aliphatic rings. The number of sulfonamides is 1. The molecule has 0 unspecified atom stereocenters. The molecule has 0 spiro atoms. The summed E-state index contributed by atoms with van der Waals surface area (Å²) in [5.74, 6) is -1.93. The quantitative estimate of drug-likeness (QED) is 0.507. The van der Waals surface area contributed by atoms with E-state index in [-0.39, 0.29) is 27.4 Å². The maximum Gasteiger partial charge on any atom is 0.339 e. The van der Waals surface area contributed by atoms with Crippen LogP contribution in [0, 0.1) is 17.0 Å². The van der Waals surface area contributed by atoms with E-state index in [4.69, 9.17) is 0 Å². The van der Waals surface area contributed by atoms with Gasteiger partial charge in [0.1, 0.15) is 11.3 Å². The van der Waals surface area contributed by atoms with Crippen LogP contribution in [0.15, 0.2) is 35.2 Å². The highest BCUT2D eigenvalue weighted by Crippen LogP contribution is 2.38. The molecule has 0 saturated carbocycles. The lowest BCUT2D eigenvalue weighted by Crippen LogP contribution is -2.20. The van der Waals surface area contributed by atoms with Crippen molar-refractivity contribution in [3.63, 3.8) is 0 Å². The molecule has 9 nitrogen and oxygen atoms in total. The van der Waals surface area contributed by atoms with E-state index >= 15 is 0 Å². The molecule has 0 amide bonds. The molecule has 2 aromatic rings. The summed E-state index contributed by atoms with van der Waals surface area (Å²) in [6.45, 7) is 6.43. The van der Waals surface area contributed by atoms with Crippen LogP contribution < -0.4 is 4.72 Å². The van der Waals surface area contributed by atoms with Crippen LogP contribution in [0.4, 0.5) is 11.4 Å². The van der Waals surface area contributed by atoms with E-state index in [1.165, 1.54) is 25.1 Å². The largest absolute Gasteiger partial charge is 0.507 e. The van der Waals surface area contributed by atoms with Crippen LogP contribution in [-0.4, -0.2) is 29.5 Å². The number of aromatic hydroxyl groups is 1. The standard InChI is InChI=1S/C18H20N2O7S/c1-10-14(9-13(18(2,3)4)16(21)15(10)17(22)23)28(26,27)19-11-5-7-12(8-6-11)20(24)25/h5-9,19,21H,1-4H3,(H,22,23). The Morgan fingerprint density at radius 1 is 1.18 bits per heavy atom. The summed E-state index contributed by atoms with van der Waals surface area (Å²) < 4.78 is 28.1. The molecule has 28 heavy (non-hydrogen) atoms. The maximum absolute atomic E-state index is 12.9. The van der Waals surface area contributed by atoms with Gasteiger partial charge in [-0.3, -0.25) is 14.8 Å². The van der Waals surface area contributed by atoms with Crippen molar-refractivity contribution >= 4 is 27.4 Å². The second-order valence-electron chi connectivity index (χ2n) is 7.24. The number of benzene rings is 2. The zero-order chi connectivity index (χ0) is 21.4. The molecular weight excluding hydrogens is 388 g/mol. The lowest BCUT2D eigenvalue weighted by molar-refractivity contribution is -0.384. The molecule has 10 heteroatoms. The number of rotatable bonds is 5. The second-order valence-corrected chi connectivity index (χ2v) is 8.89. The Hall–Kier alpha value is -3.14. The highest BCUT2D eigenvalue weighted by Gasteiger charge is 2.30. The fourth-order valence-corrected chi connectivity index (χ4v) is 4.05. The van der Waals surface area contributed by atoms with Crippen LogP contribution in [0.1, 0.15) is 42.3 Å². The number of nitro benzene ring substituents is 1. The fourth-order valence-electron chi connectivity index (χ4n) is 2.72. The van der Waals surface area contributed by atoms with Crippen molar-refractivity contribution in [2.75, 3.05) is 4.72 Å². The molecule has 0 saturated heterocycles. The van der Waals surface area contributed by atoms with Crippen molar-refractivity contribution in [2.45, 2.75) is 38.0 Å². The molecule has 2 aromatic carbocycles.